The van der Waals surface area contributed by atoms with Crippen molar-refractivity contribution in [1.82, 2.24) is 14.8 Å². The Morgan fingerprint density at radius 3 is 2.97 bits per heavy atom. The molecule has 3 aromatic heterocycles. The molecule has 158 valence electrons. The Kier molecular flexibility index (Phi) is 6.26. The van der Waals surface area contributed by atoms with E-state index >= 15 is 0 Å². The minimum Gasteiger partial charge on any atom is -0.365 e. The summed E-state index contributed by atoms with van der Waals surface area (Å²) in [7, 11) is 1.91. The van der Waals surface area contributed by atoms with E-state index in [0.29, 0.717) is 21.6 Å². The van der Waals surface area contributed by atoms with Crippen molar-refractivity contribution in [2.24, 2.45) is 18.7 Å². The van der Waals surface area contributed by atoms with Crippen molar-refractivity contribution >= 4 is 51.3 Å². The Hall–Kier alpha value is -2.17. The largest absolute Gasteiger partial charge is 0.365 e. The van der Waals surface area contributed by atoms with Crippen LogP contribution in [0.2, 0.25) is 0 Å². The van der Waals surface area contributed by atoms with Crippen molar-refractivity contribution < 1.29 is 9.59 Å². The zero-order chi connectivity index (χ0) is 21.3. The highest BCUT2D eigenvalue weighted by Crippen LogP contribution is 2.39. The Morgan fingerprint density at radius 1 is 1.40 bits per heavy atom. The number of amides is 2. The number of thiophene rings is 2. The molecule has 0 radical (unpaired) electrons. The van der Waals surface area contributed by atoms with E-state index in [-0.39, 0.29) is 11.7 Å². The summed E-state index contributed by atoms with van der Waals surface area (Å²) in [5, 5.41) is 14.7. The van der Waals surface area contributed by atoms with Crippen LogP contribution in [-0.2, 0) is 31.1 Å². The van der Waals surface area contributed by atoms with Crippen molar-refractivity contribution in [2.75, 3.05) is 11.1 Å². The van der Waals surface area contributed by atoms with Gasteiger partial charge in [-0.15, -0.1) is 32.9 Å². The lowest BCUT2D eigenvalue weighted by Gasteiger charge is -2.18. The number of anilines is 1. The van der Waals surface area contributed by atoms with Crippen LogP contribution in [0.5, 0.6) is 0 Å². The molecular weight excluding hydrogens is 438 g/mol. The van der Waals surface area contributed by atoms with Crippen LogP contribution in [0.3, 0.4) is 0 Å². The number of thioether (sulfide) groups is 1. The first kappa shape index (κ1) is 21.1. The molecule has 3 aromatic rings. The lowest BCUT2D eigenvalue weighted by molar-refractivity contribution is -0.113. The molecule has 0 spiro atoms. The zero-order valence-corrected chi connectivity index (χ0v) is 19.3. The maximum Gasteiger partial charge on any atom is 0.251 e. The SMILES string of the molecule is CC1CCc2c(sc(NC(=O)CSc3nnc(Cc4cccs4)n3C)c2C(N)=O)C1. The lowest BCUT2D eigenvalue weighted by atomic mass is 9.88. The molecule has 0 aliphatic heterocycles. The first-order chi connectivity index (χ1) is 14.4. The van der Waals surface area contributed by atoms with Gasteiger partial charge in [0.1, 0.15) is 10.8 Å². The first-order valence-corrected chi connectivity index (χ1v) is 12.4. The maximum absolute atomic E-state index is 12.6. The maximum atomic E-state index is 12.6. The third kappa shape index (κ3) is 4.45. The van der Waals surface area contributed by atoms with Crippen molar-refractivity contribution in [3.05, 3.63) is 44.2 Å². The highest BCUT2D eigenvalue weighted by molar-refractivity contribution is 7.99. The number of hydrogen-bond acceptors (Lipinski definition) is 7. The lowest BCUT2D eigenvalue weighted by Crippen LogP contribution is -2.20. The van der Waals surface area contributed by atoms with Crippen LogP contribution in [-0.4, -0.2) is 32.3 Å². The second kappa shape index (κ2) is 8.91. The molecule has 3 heterocycles. The van der Waals surface area contributed by atoms with Crippen molar-refractivity contribution in [3.63, 3.8) is 0 Å². The minimum absolute atomic E-state index is 0.183. The number of carbonyl (C=O) groups is 2. The first-order valence-electron chi connectivity index (χ1n) is 9.70. The number of aromatic nitrogens is 3. The van der Waals surface area contributed by atoms with Crippen LogP contribution < -0.4 is 11.1 Å². The van der Waals surface area contributed by atoms with Crippen LogP contribution in [0.4, 0.5) is 5.00 Å². The molecule has 4 rings (SSSR count). The Labute approximate surface area is 187 Å². The van der Waals surface area contributed by atoms with E-state index < -0.39 is 5.91 Å². The standard InChI is InChI=1S/C20H23N5O2S3/c1-11-5-6-13-14(8-11)30-19(17(13)18(21)27)22-16(26)10-29-20-24-23-15(25(20)2)9-12-4-3-7-28-12/h3-4,7,11H,5-6,8-10H2,1-2H3,(H2,21,27)(H,22,26). The van der Waals surface area contributed by atoms with Gasteiger partial charge in [0.15, 0.2) is 5.16 Å². The molecule has 1 aliphatic carbocycles. The van der Waals surface area contributed by atoms with Crippen molar-refractivity contribution in [1.29, 1.82) is 0 Å². The molecule has 10 heteroatoms. The summed E-state index contributed by atoms with van der Waals surface area (Å²) in [5.74, 6) is 0.961. The summed E-state index contributed by atoms with van der Waals surface area (Å²) in [4.78, 5) is 27.0. The van der Waals surface area contributed by atoms with E-state index in [1.807, 2.05) is 23.1 Å². The monoisotopic (exact) mass is 461 g/mol. The predicted octanol–water partition coefficient (Wildman–Crippen LogP) is 3.48. The highest BCUT2D eigenvalue weighted by atomic mass is 32.2. The van der Waals surface area contributed by atoms with Crippen LogP contribution >= 0.6 is 34.4 Å². The van der Waals surface area contributed by atoms with Crippen LogP contribution in [0.1, 0.15) is 44.8 Å². The summed E-state index contributed by atoms with van der Waals surface area (Å²) >= 11 is 4.49. The van der Waals surface area contributed by atoms with Gasteiger partial charge in [0.25, 0.3) is 5.91 Å². The van der Waals surface area contributed by atoms with Crippen LogP contribution in [0.15, 0.2) is 22.7 Å². The molecule has 0 aromatic carbocycles. The van der Waals surface area contributed by atoms with Gasteiger partial charge in [0.2, 0.25) is 5.91 Å². The summed E-state index contributed by atoms with van der Waals surface area (Å²) in [6, 6.07) is 4.08. The fourth-order valence-corrected chi connectivity index (χ4v) is 6.45. The Morgan fingerprint density at radius 2 is 2.23 bits per heavy atom. The third-order valence-corrected chi connectivity index (χ3v) is 8.25. The second-order valence-electron chi connectivity index (χ2n) is 7.47. The van der Waals surface area contributed by atoms with Gasteiger partial charge in [-0.1, -0.05) is 24.8 Å². The molecule has 0 fully saturated rings. The van der Waals surface area contributed by atoms with Crippen molar-refractivity contribution in [2.45, 2.75) is 37.8 Å². The number of carbonyl (C=O) groups excluding carboxylic acids is 2. The number of primary amides is 1. The Bertz CT molecular complexity index is 1070. The molecule has 1 aliphatic rings. The smallest absolute Gasteiger partial charge is 0.251 e. The van der Waals surface area contributed by atoms with Crippen molar-refractivity contribution in [3.8, 4) is 0 Å². The number of nitrogens with zero attached hydrogens (tertiary/aromatic N) is 3. The van der Waals surface area contributed by atoms with Gasteiger partial charge < -0.3 is 15.6 Å². The Balaban J connectivity index is 1.41. The summed E-state index contributed by atoms with van der Waals surface area (Å²) in [6.45, 7) is 2.20. The number of nitrogens with one attached hydrogen (secondary N) is 1. The van der Waals surface area contributed by atoms with Gasteiger partial charge in [-0.25, -0.2) is 0 Å². The number of rotatable bonds is 7. The molecule has 1 atom stereocenters. The van der Waals surface area contributed by atoms with Gasteiger partial charge in [-0.3, -0.25) is 9.59 Å². The molecule has 0 bridgehead atoms. The van der Waals surface area contributed by atoms with E-state index in [9.17, 15) is 9.59 Å². The fraction of sp³-hybridized carbons (Fsp3) is 0.400. The number of fused-ring (bicyclic) bond motifs is 1. The number of hydrogen-bond donors (Lipinski definition) is 2. The van der Waals surface area contributed by atoms with Gasteiger partial charge >= 0.3 is 0 Å². The topological polar surface area (TPSA) is 103 Å². The normalized spacial score (nSPS) is 15.7. The zero-order valence-electron chi connectivity index (χ0n) is 16.8. The molecular formula is C20H23N5O2S3. The molecule has 3 N–H and O–H groups in total. The molecule has 0 saturated carbocycles. The molecule has 0 saturated heterocycles. The van der Waals surface area contributed by atoms with Gasteiger partial charge in [-0.05, 0) is 42.2 Å². The van der Waals surface area contributed by atoms with Gasteiger partial charge in [0, 0.05) is 23.2 Å². The average Bonchev–Trinajstić information content (AvgIpc) is 3.40. The molecule has 1 unspecified atom stereocenters. The molecule has 30 heavy (non-hydrogen) atoms. The fourth-order valence-electron chi connectivity index (χ4n) is 3.59. The third-order valence-electron chi connectivity index (χ3n) is 5.18. The number of nitrogens with two attached hydrogens (primary N) is 1. The summed E-state index contributed by atoms with van der Waals surface area (Å²) in [6.07, 6.45) is 3.51. The quantitative estimate of drug-likeness (QED) is 0.524. The van der Waals surface area contributed by atoms with E-state index in [1.54, 1.807) is 11.3 Å². The van der Waals surface area contributed by atoms with Crippen LogP contribution in [0, 0.1) is 5.92 Å². The summed E-state index contributed by atoms with van der Waals surface area (Å²) < 4.78 is 1.91. The van der Waals surface area contributed by atoms with Gasteiger partial charge in [0.05, 0.1) is 11.3 Å². The predicted molar refractivity (Wildman–Crippen MR) is 122 cm³/mol. The minimum atomic E-state index is -0.475. The van der Waals surface area contributed by atoms with E-state index in [2.05, 4.69) is 28.5 Å². The van der Waals surface area contributed by atoms with Crippen LogP contribution in [0.25, 0.3) is 0 Å². The highest BCUT2D eigenvalue weighted by Gasteiger charge is 2.27. The average molecular weight is 462 g/mol. The molecule has 7 nitrogen and oxygen atoms in total. The molecule has 2 amide bonds. The van der Waals surface area contributed by atoms with E-state index in [0.717, 1.165) is 41.9 Å². The second-order valence-corrected chi connectivity index (χ2v) is 10.6. The van der Waals surface area contributed by atoms with Gasteiger partial charge in [-0.2, -0.15) is 0 Å². The van der Waals surface area contributed by atoms with E-state index in [1.165, 1.54) is 28.0 Å². The van der Waals surface area contributed by atoms with E-state index in [4.69, 9.17) is 5.73 Å². The summed E-state index contributed by atoms with van der Waals surface area (Å²) in [5.41, 5.74) is 7.12.